The summed E-state index contributed by atoms with van der Waals surface area (Å²) in [4.78, 5) is 0. The molecule has 0 radical (unpaired) electrons. The Balaban J connectivity index is 2.21. The van der Waals surface area contributed by atoms with Crippen molar-refractivity contribution in [2.24, 2.45) is 5.73 Å². The number of nitrogens with two attached hydrogens (primary N) is 1. The first kappa shape index (κ1) is 14.6. The maximum absolute atomic E-state index is 13.4. The highest BCUT2D eigenvalue weighted by Gasteiger charge is 2.13. The van der Waals surface area contributed by atoms with Crippen LogP contribution in [-0.4, -0.2) is 13.7 Å². The van der Waals surface area contributed by atoms with E-state index in [2.05, 4.69) is 0 Å². The number of methoxy groups -OCH3 is 1. The Labute approximate surface area is 122 Å². The Hall–Kier alpha value is -1.78. The molecule has 20 heavy (non-hydrogen) atoms. The fourth-order valence-electron chi connectivity index (χ4n) is 1.81. The molecule has 2 rings (SSSR count). The van der Waals surface area contributed by atoms with Gasteiger partial charge in [-0.1, -0.05) is 23.7 Å². The summed E-state index contributed by atoms with van der Waals surface area (Å²) in [7, 11) is 1.59. The highest BCUT2D eigenvalue weighted by Crippen LogP contribution is 2.26. The van der Waals surface area contributed by atoms with E-state index in [-0.39, 0.29) is 17.7 Å². The molecule has 0 amide bonds. The number of benzene rings is 2. The van der Waals surface area contributed by atoms with E-state index in [4.69, 9.17) is 26.8 Å². The molecule has 1 unspecified atom stereocenters. The monoisotopic (exact) mass is 295 g/mol. The van der Waals surface area contributed by atoms with E-state index in [0.29, 0.717) is 11.5 Å². The number of halogens is 2. The summed E-state index contributed by atoms with van der Waals surface area (Å²) in [5.74, 6) is 0.572. The second-order valence-corrected chi connectivity index (χ2v) is 4.60. The van der Waals surface area contributed by atoms with Gasteiger partial charge in [-0.25, -0.2) is 4.39 Å². The zero-order valence-electron chi connectivity index (χ0n) is 11.0. The lowest BCUT2D eigenvalue weighted by Crippen LogP contribution is -2.18. The maximum Gasteiger partial charge on any atom is 0.145 e. The van der Waals surface area contributed by atoms with Gasteiger partial charge in [-0.3, -0.25) is 0 Å². The van der Waals surface area contributed by atoms with Crippen molar-refractivity contribution in [3.8, 4) is 11.5 Å². The van der Waals surface area contributed by atoms with Crippen LogP contribution in [0.5, 0.6) is 11.5 Å². The molecule has 3 nitrogen and oxygen atoms in total. The summed E-state index contributed by atoms with van der Waals surface area (Å²) in [5, 5.41) is 0.0584. The number of hydrogen-bond donors (Lipinski definition) is 1. The molecule has 0 aliphatic carbocycles. The van der Waals surface area contributed by atoms with E-state index in [1.54, 1.807) is 13.2 Å². The van der Waals surface area contributed by atoms with Crippen LogP contribution >= 0.6 is 11.6 Å². The van der Waals surface area contributed by atoms with Gasteiger partial charge in [0.1, 0.15) is 23.4 Å². The normalized spacial score (nSPS) is 12.0. The van der Waals surface area contributed by atoms with Crippen LogP contribution in [0.25, 0.3) is 0 Å². The van der Waals surface area contributed by atoms with Gasteiger partial charge >= 0.3 is 0 Å². The molecule has 2 N–H and O–H groups in total. The van der Waals surface area contributed by atoms with Gasteiger partial charge in [0.25, 0.3) is 0 Å². The molecular weight excluding hydrogens is 281 g/mol. The molecule has 0 heterocycles. The molecule has 0 spiro atoms. The van der Waals surface area contributed by atoms with Crippen LogP contribution in [0.2, 0.25) is 5.02 Å². The van der Waals surface area contributed by atoms with Gasteiger partial charge in [0, 0.05) is 12.6 Å². The summed E-state index contributed by atoms with van der Waals surface area (Å²) in [5.41, 5.74) is 6.59. The van der Waals surface area contributed by atoms with Crippen molar-refractivity contribution in [2.75, 3.05) is 13.7 Å². The summed E-state index contributed by atoms with van der Waals surface area (Å²) in [6, 6.07) is 11.7. The number of hydrogen-bond acceptors (Lipinski definition) is 3. The van der Waals surface area contributed by atoms with Gasteiger partial charge in [0.2, 0.25) is 0 Å². The Morgan fingerprint density at radius 2 is 2.00 bits per heavy atom. The standard InChI is InChI=1S/C15H15ClFNO2/c1-19-11-4-2-3-10(7-11)15(9-18)20-12-5-6-13(16)14(17)8-12/h2-8,15H,9,18H2,1H3. The van der Waals surface area contributed by atoms with E-state index < -0.39 is 5.82 Å². The molecule has 1 atom stereocenters. The number of ether oxygens (including phenoxy) is 2. The van der Waals surface area contributed by atoms with Crippen molar-refractivity contribution in [1.29, 1.82) is 0 Å². The average molecular weight is 296 g/mol. The van der Waals surface area contributed by atoms with Crippen LogP contribution in [0, 0.1) is 5.82 Å². The van der Waals surface area contributed by atoms with Gasteiger partial charge in [0.15, 0.2) is 0 Å². The van der Waals surface area contributed by atoms with Gasteiger partial charge in [-0.05, 0) is 29.8 Å². The molecule has 106 valence electrons. The van der Waals surface area contributed by atoms with Crippen molar-refractivity contribution in [3.05, 3.63) is 58.9 Å². The first-order chi connectivity index (χ1) is 9.63. The van der Waals surface area contributed by atoms with E-state index in [0.717, 1.165) is 5.56 Å². The zero-order chi connectivity index (χ0) is 14.5. The number of rotatable bonds is 5. The zero-order valence-corrected chi connectivity index (χ0v) is 11.7. The topological polar surface area (TPSA) is 44.5 Å². The van der Waals surface area contributed by atoms with Gasteiger partial charge in [-0.2, -0.15) is 0 Å². The minimum atomic E-state index is -0.523. The maximum atomic E-state index is 13.4. The summed E-state index contributed by atoms with van der Waals surface area (Å²) in [6.45, 7) is 0.261. The molecule has 0 aliphatic rings. The smallest absolute Gasteiger partial charge is 0.145 e. The quantitative estimate of drug-likeness (QED) is 0.917. The molecule has 0 saturated carbocycles. The van der Waals surface area contributed by atoms with Crippen molar-refractivity contribution < 1.29 is 13.9 Å². The van der Waals surface area contributed by atoms with Crippen LogP contribution in [0.4, 0.5) is 4.39 Å². The lowest BCUT2D eigenvalue weighted by Gasteiger charge is -2.18. The Kier molecular flexibility index (Phi) is 4.82. The lowest BCUT2D eigenvalue weighted by molar-refractivity contribution is 0.213. The van der Waals surface area contributed by atoms with Crippen LogP contribution in [0.15, 0.2) is 42.5 Å². The second-order valence-electron chi connectivity index (χ2n) is 4.19. The van der Waals surface area contributed by atoms with E-state index in [9.17, 15) is 4.39 Å². The van der Waals surface area contributed by atoms with Crippen LogP contribution in [0.3, 0.4) is 0 Å². The minimum Gasteiger partial charge on any atom is -0.497 e. The summed E-state index contributed by atoms with van der Waals surface area (Å²) in [6.07, 6.45) is -0.384. The second kappa shape index (κ2) is 6.59. The molecule has 0 bridgehead atoms. The fraction of sp³-hybridized carbons (Fsp3) is 0.200. The van der Waals surface area contributed by atoms with Crippen molar-refractivity contribution in [2.45, 2.75) is 6.10 Å². The van der Waals surface area contributed by atoms with E-state index in [1.807, 2.05) is 24.3 Å². The molecule has 2 aromatic rings. The lowest BCUT2D eigenvalue weighted by atomic mass is 10.1. The van der Waals surface area contributed by atoms with Crippen molar-refractivity contribution in [3.63, 3.8) is 0 Å². The highest BCUT2D eigenvalue weighted by atomic mass is 35.5. The fourth-order valence-corrected chi connectivity index (χ4v) is 1.93. The van der Waals surface area contributed by atoms with E-state index >= 15 is 0 Å². The molecule has 0 fully saturated rings. The Bertz CT molecular complexity index is 592. The van der Waals surface area contributed by atoms with E-state index in [1.165, 1.54) is 12.1 Å². The van der Waals surface area contributed by atoms with Crippen molar-refractivity contribution in [1.82, 2.24) is 0 Å². The molecule has 2 aromatic carbocycles. The average Bonchev–Trinajstić information content (AvgIpc) is 2.48. The summed E-state index contributed by atoms with van der Waals surface area (Å²) >= 11 is 5.64. The third kappa shape index (κ3) is 3.40. The minimum absolute atomic E-state index is 0.0584. The SMILES string of the molecule is COc1cccc(C(CN)Oc2ccc(Cl)c(F)c2)c1. The largest absolute Gasteiger partial charge is 0.497 e. The predicted octanol–water partition coefficient (Wildman–Crippen LogP) is 3.57. The molecule has 0 aliphatic heterocycles. The first-order valence-electron chi connectivity index (χ1n) is 6.09. The highest BCUT2D eigenvalue weighted by molar-refractivity contribution is 6.30. The molecular formula is C15H15ClFNO2. The molecule has 0 aromatic heterocycles. The Morgan fingerprint density at radius 3 is 2.65 bits per heavy atom. The van der Waals surface area contributed by atoms with Crippen LogP contribution in [0.1, 0.15) is 11.7 Å². The van der Waals surface area contributed by atoms with Crippen molar-refractivity contribution >= 4 is 11.6 Å². The predicted molar refractivity (Wildman–Crippen MR) is 76.8 cm³/mol. The molecule has 0 saturated heterocycles. The first-order valence-corrected chi connectivity index (χ1v) is 6.47. The third-order valence-corrected chi connectivity index (χ3v) is 3.16. The molecule has 5 heteroatoms. The van der Waals surface area contributed by atoms with Gasteiger partial charge in [-0.15, -0.1) is 0 Å². The van der Waals surface area contributed by atoms with Gasteiger partial charge in [0.05, 0.1) is 12.1 Å². The van der Waals surface area contributed by atoms with Crippen LogP contribution < -0.4 is 15.2 Å². The van der Waals surface area contributed by atoms with Crippen LogP contribution in [-0.2, 0) is 0 Å². The van der Waals surface area contributed by atoms with Gasteiger partial charge < -0.3 is 15.2 Å². The summed E-state index contributed by atoms with van der Waals surface area (Å²) < 4.78 is 24.3. The third-order valence-electron chi connectivity index (χ3n) is 2.85. The Morgan fingerprint density at radius 1 is 1.20 bits per heavy atom.